The van der Waals surface area contributed by atoms with Crippen LogP contribution in [0.5, 0.6) is 0 Å². The zero-order valence-electron chi connectivity index (χ0n) is 8.92. The third-order valence-corrected chi connectivity index (χ3v) is 4.29. The first-order chi connectivity index (χ1) is 7.08. The highest BCUT2D eigenvalue weighted by atomic mass is 35.5. The summed E-state index contributed by atoms with van der Waals surface area (Å²) in [5, 5.41) is 0.135. The summed E-state index contributed by atoms with van der Waals surface area (Å²) in [6, 6.07) is 1.98. The number of amides is 1. The molecule has 1 unspecified atom stereocenters. The molecule has 2 heterocycles. The van der Waals surface area contributed by atoms with Gasteiger partial charge in [0.25, 0.3) is 5.91 Å². The van der Waals surface area contributed by atoms with Crippen LogP contribution in [0.4, 0.5) is 0 Å². The molecule has 4 heteroatoms. The normalized spacial score (nSPS) is 21.0. The number of hydrogen-bond acceptors (Lipinski definition) is 2. The van der Waals surface area contributed by atoms with Crippen molar-refractivity contribution in [1.82, 2.24) is 4.90 Å². The van der Waals surface area contributed by atoms with Crippen molar-refractivity contribution >= 4 is 28.8 Å². The quantitative estimate of drug-likeness (QED) is 0.695. The number of carbonyl (C=O) groups excluding carboxylic acids is 1. The Morgan fingerprint density at radius 2 is 2.33 bits per heavy atom. The molecule has 1 aliphatic rings. The van der Waals surface area contributed by atoms with Gasteiger partial charge in [0.1, 0.15) is 0 Å². The van der Waals surface area contributed by atoms with Crippen LogP contribution in [-0.2, 0) is 0 Å². The Labute approximate surface area is 98.8 Å². The van der Waals surface area contributed by atoms with Crippen molar-refractivity contribution in [3.63, 3.8) is 0 Å². The van der Waals surface area contributed by atoms with Crippen molar-refractivity contribution in [3.8, 4) is 0 Å². The fraction of sp³-hybridized carbons (Fsp3) is 0.545. The molecule has 82 valence electrons. The Morgan fingerprint density at radius 1 is 1.60 bits per heavy atom. The number of hydrogen-bond donors (Lipinski definition) is 0. The van der Waals surface area contributed by atoms with Crippen molar-refractivity contribution < 1.29 is 4.79 Å². The fourth-order valence-corrected chi connectivity index (χ4v) is 3.00. The van der Waals surface area contributed by atoms with Gasteiger partial charge >= 0.3 is 0 Å². The van der Waals surface area contributed by atoms with E-state index in [1.54, 1.807) is 11.3 Å². The van der Waals surface area contributed by atoms with Gasteiger partial charge < -0.3 is 4.90 Å². The number of nitrogens with zero attached hydrogens (tertiary/aromatic N) is 1. The zero-order chi connectivity index (χ0) is 11.0. The molecule has 0 spiro atoms. The minimum atomic E-state index is 0.135. The van der Waals surface area contributed by atoms with Gasteiger partial charge in [0.2, 0.25) is 0 Å². The largest absolute Gasteiger partial charge is 0.336 e. The molecular formula is C11H14ClNOS. The lowest BCUT2D eigenvalue weighted by Gasteiger charge is -2.13. The van der Waals surface area contributed by atoms with Gasteiger partial charge in [-0.05, 0) is 31.9 Å². The number of halogens is 1. The van der Waals surface area contributed by atoms with Crippen LogP contribution in [0, 0.1) is 13.8 Å². The first-order valence-corrected chi connectivity index (χ1v) is 6.33. The maximum absolute atomic E-state index is 12.0. The standard InChI is InChI=1S/C11H14ClNOS/c1-7-5-10(15-8(7)2)11(14)13-4-3-9(12)6-13/h5,9H,3-4,6H2,1-2H3. The van der Waals surface area contributed by atoms with Crippen molar-refractivity contribution in [2.24, 2.45) is 0 Å². The number of rotatable bonds is 1. The average molecular weight is 244 g/mol. The second-order valence-electron chi connectivity index (χ2n) is 3.99. The number of thiophene rings is 1. The first-order valence-electron chi connectivity index (χ1n) is 5.08. The van der Waals surface area contributed by atoms with E-state index in [2.05, 4.69) is 0 Å². The van der Waals surface area contributed by atoms with Crippen molar-refractivity contribution in [1.29, 1.82) is 0 Å². The minimum absolute atomic E-state index is 0.135. The first kappa shape index (κ1) is 11.0. The summed E-state index contributed by atoms with van der Waals surface area (Å²) in [5.41, 5.74) is 1.20. The molecule has 1 saturated heterocycles. The third kappa shape index (κ3) is 2.18. The zero-order valence-corrected chi connectivity index (χ0v) is 10.5. The van der Waals surface area contributed by atoms with E-state index in [1.807, 2.05) is 24.8 Å². The van der Waals surface area contributed by atoms with E-state index in [0.29, 0.717) is 6.54 Å². The maximum Gasteiger partial charge on any atom is 0.263 e. The maximum atomic E-state index is 12.0. The van der Waals surface area contributed by atoms with Crippen LogP contribution >= 0.6 is 22.9 Å². The second kappa shape index (κ2) is 4.14. The second-order valence-corrected chi connectivity index (χ2v) is 5.86. The Hall–Kier alpha value is -0.540. The van der Waals surface area contributed by atoms with Gasteiger partial charge in [0.15, 0.2) is 0 Å². The predicted molar refractivity (Wildman–Crippen MR) is 64.0 cm³/mol. The molecule has 0 aliphatic carbocycles. The van der Waals surface area contributed by atoms with Crippen LogP contribution in [0.2, 0.25) is 0 Å². The SMILES string of the molecule is Cc1cc(C(=O)N2CCC(Cl)C2)sc1C. The van der Waals surface area contributed by atoms with Crippen LogP contribution in [0.25, 0.3) is 0 Å². The molecule has 1 fully saturated rings. The highest BCUT2D eigenvalue weighted by Gasteiger charge is 2.26. The Balaban J connectivity index is 2.14. The molecule has 2 nitrogen and oxygen atoms in total. The lowest BCUT2D eigenvalue weighted by atomic mass is 10.3. The van der Waals surface area contributed by atoms with Crippen molar-refractivity contribution in [2.45, 2.75) is 25.6 Å². The summed E-state index contributed by atoms with van der Waals surface area (Å²) < 4.78 is 0. The third-order valence-electron chi connectivity index (χ3n) is 2.79. The molecular weight excluding hydrogens is 230 g/mol. The van der Waals surface area contributed by atoms with Crippen LogP contribution < -0.4 is 0 Å². The lowest BCUT2D eigenvalue weighted by molar-refractivity contribution is 0.0798. The fourth-order valence-electron chi connectivity index (χ4n) is 1.74. The van der Waals surface area contributed by atoms with Crippen LogP contribution in [0.1, 0.15) is 26.5 Å². The van der Waals surface area contributed by atoms with Gasteiger partial charge in [0.05, 0.1) is 10.3 Å². The summed E-state index contributed by atoms with van der Waals surface area (Å²) in [6.07, 6.45) is 0.913. The predicted octanol–water partition coefficient (Wildman–Crippen LogP) is 2.82. The van der Waals surface area contributed by atoms with Crippen LogP contribution in [0.3, 0.4) is 0 Å². The van der Waals surface area contributed by atoms with Crippen molar-refractivity contribution in [2.75, 3.05) is 13.1 Å². The average Bonchev–Trinajstić information content (AvgIpc) is 2.74. The molecule has 2 rings (SSSR count). The molecule has 1 aromatic rings. The van der Waals surface area contributed by atoms with E-state index < -0.39 is 0 Å². The van der Waals surface area contributed by atoms with Gasteiger partial charge in [-0.3, -0.25) is 4.79 Å². The molecule has 0 radical (unpaired) electrons. The van der Waals surface area contributed by atoms with E-state index in [9.17, 15) is 4.79 Å². The Bertz CT molecular complexity index is 368. The molecule has 1 aromatic heterocycles. The molecule has 0 saturated carbocycles. The summed E-state index contributed by atoms with van der Waals surface area (Å²) in [5.74, 6) is 0.138. The highest BCUT2D eigenvalue weighted by molar-refractivity contribution is 7.14. The highest BCUT2D eigenvalue weighted by Crippen LogP contribution is 2.24. The number of carbonyl (C=O) groups is 1. The number of aryl methyl sites for hydroxylation is 2. The summed E-state index contributed by atoms with van der Waals surface area (Å²) in [7, 11) is 0. The smallest absolute Gasteiger partial charge is 0.263 e. The van der Waals surface area contributed by atoms with E-state index in [-0.39, 0.29) is 11.3 Å². The topological polar surface area (TPSA) is 20.3 Å². The molecule has 15 heavy (non-hydrogen) atoms. The monoisotopic (exact) mass is 243 g/mol. The van der Waals surface area contributed by atoms with E-state index >= 15 is 0 Å². The van der Waals surface area contributed by atoms with E-state index in [0.717, 1.165) is 17.8 Å². The van der Waals surface area contributed by atoms with Gasteiger partial charge in [-0.1, -0.05) is 0 Å². The minimum Gasteiger partial charge on any atom is -0.336 e. The Morgan fingerprint density at radius 3 is 2.80 bits per heavy atom. The molecule has 1 amide bonds. The van der Waals surface area contributed by atoms with E-state index in [4.69, 9.17) is 11.6 Å². The number of alkyl halides is 1. The molecule has 1 atom stereocenters. The summed E-state index contributed by atoms with van der Waals surface area (Å²) in [4.78, 5) is 16.0. The van der Waals surface area contributed by atoms with Gasteiger partial charge in [-0.25, -0.2) is 0 Å². The molecule has 1 aliphatic heterocycles. The van der Waals surface area contributed by atoms with E-state index in [1.165, 1.54) is 10.4 Å². The Kier molecular flexibility index (Phi) is 3.03. The van der Waals surface area contributed by atoms with Gasteiger partial charge in [0, 0.05) is 18.0 Å². The summed E-state index contributed by atoms with van der Waals surface area (Å²) in [6.45, 7) is 5.57. The lowest BCUT2D eigenvalue weighted by Crippen LogP contribution is -2.28. The van der Waals surface area contributed by atoms with Crippen LogP contribution in [0.15, 0.2) is 6.07 Å². The van der Waals surface area contributed by atoms with Crippen molar-refractivity contribution in [3.05, 3.63) is 21.4 Å². The number of likely N-dealkylation sites (tertiary alicyclic amines) is 1. The van der Waals surface area contributed by atoms with Gasteiger partial charge in [-0.2, -0.15) is 0 Å². The molecule has 0 bridgehead atoms. The van der Waals surface area contributed by atoms with Gasteiger partial charge in [-0.15, -0.1) is 22.9 Å². The molecule has 0 aromatic carbocycles. The summed E-state index contributed by atoms with van der Waals surface area (Å²) >= 11 is 7.56. The van der Waals surface area contributed by atoms with Crippen LogP contribution in [-0.4, -0.2) is 29.3 Å². The molecule has 0 N–H and O–H groups in total.